The fraction of sp³-hybridized carbons (Fsp3) is 0.133. The molecule has 0 bridgehead atoms. The van der Waals surface area contributed by atoms with E-state index in [2.05, 4.69) is 21.1 Å². The van der Waals surface area contributed by atoms with Crippen molar-refractivity contribution in [1.82, 2.24) is 0 Å². The molecule has 0 saturated heterocycles. The first-order valence-corrected chi connectivity index (χ1v) is 6.86. The number of halogens is 3. The van der Waals surface area contributed by atoms with Crippen molar-refractivity contribution in [2.24, 2.45) is 5.16 Å². The minimum absolute atomic E-state index is 0.0491. The smallest absolute Gasteiger partial charge is 0.137 e. The molecule has 0 aliphatic heterocycles. The predicted octanol–water partition coefficient (Wildman–Crippen LogP) is 4.50. The Morgan fingerprint density at radius 1 is 1.29 bits per heavy atom. The lowest BCUT2D eigenvalue weighted by Gasteiger charge is -2.12. The fourth-order valence-corrected chi connectivity index (χ4v) is 2.16. The molecule has 0 aliphatic carbocycles. The average Bonchev–Trinajstić information content (AvgIpc) is 2.48. The molecule has 2 aromatic carbocycles. The van der Waals surface area contributed by atoms with Crippen molar-refractivity contribution >= 4 is 21.6 Å². The van der Waals surface area contributed by atoms with Crippen LogP contribution in [0.15, 0.2) is 46.0 Å². The number of nitrogens with zero attached hydrogens (tertiary/aromatic N) is 1. The molecule has 0 radical (unpaired) electrons. The second-order valence-electron chi connectivity index (χ2n) is 4.33. The van der Waals surface area contributed by atoms with Gasteiger partial charge >= 0.3 is 0 Å². The van der Waals surface area contributed by atoms with Crippen LogP contribution in [-0.2, 0) is 6.61 Å². The van der Waals surface area contributed by atoms with E-state index in [1.807, 2.05) is 0 Å². The van der Waals surface area contributed by atoms with Crippen molar-refractivity contribution in [2.75, 3.05) is 0 Å². The second kappa shape index (κ2) is 6.67. The van der Waals surface area contributed by atoms with Crippen LogP contribution in [-0.4, -0.2) is 10.9 Å². The standard InChI is InChI=1S/C15H12BrF2NO2/c1-9(19-20)12-6-5-11(17)7-14(12)21-8-10-3-2-4-13(18)15(10)16/h2-7,20H,8H2,1H3/b19-9-. The third-order valence-electron chi connectivity index (χ3n) is 2.90. The molecule has 0 fully saturated rings. The van der Waals surface area contributed by atoms with Crippen molar-refractivity contribution in [1.29, 1.82) is 0 Å². The van der Waals surface area contributed by atoms with Gasteiger partial charge in [-0.05, 0) is 41.1 Å². The highest BCUT2D eigenvalue weighted by molar-refractivity contribution is 9.10. The molecule has 0 saturated carbocycles. The molecule has 0 unspecified atom stereocenters. The van der Waals surface area contributed by atoms with Crippen molar-refractivity contribution in [2.45, 2.75) is 13.5 Å². The molecule has 0 aromatic heterocycles. The van der Waals surface area contributed by atoms with E-state index in [1.54, 1.807) is 19.1 Å². The third-order valence-corrected chi connectivity index (χ3v) is 3.79. The number of hydrogen-bond donors (Lipinski definition) is 1. The van der Waals surface area contributed by atoms with Gasteiger partial charge in [-0.3, -0.25) is 0 Å². The minimum Gasteiger partial charge on any atom is -0.488 e. The Kier molecular flexibility index (Phi) is 4.90. The fourth-order valence-electron chi connectivity index (χ4n) is 1.78. The predicted molar refractivity (Wildman–Crippen MR) is 78.8 cm³/mol. The first-order chi connectivity index (χ1) is 10.0. The minimum atomic E-state index is -0.474. The maximum atomic E-state index is 13.4. The van der Waals surface area contributed by atoms with Crippen LogP contribution in [0.2, 0.25) is 0 Å². The van der Waals surface area contributed by atoms with Gasteiger partial charge in [-0.1, -0.05) is 17.3 Å². The largest absolute Gasteiger partial charge is 0.488 e. The SMILES string of the molecule is C/C(=N/O)c1ccc(F)cc1OCc1cccc(F)c1Br. The van der Waals surface area contributed by atoms with E-state index in [1.165, 1.54) is 24.3 Å². The molecule has 21 heavy (non-hydrogen) atoms. The lowest BCUT2D eigenvalue weighted by atomic mass is 10.1. The molecule has 0 amide bonds. The van der Waals surface area contributed by atoms with E-state index in [-0.39, 0.29) is 12.4 Å². The number of ether oxygens (including phenoxy) is 1. The van der Waals surface area contributed by atoms with Gasteiger partial charge in [-0.25, -0.2) is 8.78 Å². The van der Waals surface area contributed by atoms with Crippen LogP contribution >= 0.6 is 15.9 Å². The summed E-state index contributed by atoms with van der Waals surface area (Å²) in [6.45, 7) is 1.62. The molecule has 0 aliphatic rings. The summed E-state index contributed by atoms with van der Waals surface area (Å²) in [4.78, 5) is 0. The molecule has 0 atom stereocenters. The Morgan fingerprint density at radius 3 is 2.76 bits per heavy atom. The summed E-state index contributed by atoms with van der Waals surface area (Å²) >= 11 is 3.14. The van der Waals surface area contributed by atoms with Crippen LogP contribution in [0.25, 0.3) is 0 Å². The number of rotatable bonds is 4. The van der Waals surface area contributed by atoms with E-state index in [4.69, 9.17) is 9.94 Å². The van der Waals surface area contributed by atoms with Gasteiger partial charge in [0.25, 0.3) is 0 Å². The topological polar surface area (TPSA) is 41.8 Å². The van der Waals surface area contributed by atoms with Crippen LogP contribution in [0, 0.1) is 11.6 Å². The van der Waals surface area contributed by atoms with Crippen LogP contribution in [0.4, 0.5) is 8.78 Å². The van der Waals surface area contributed by atoms with E-state index in [0.29, 0.717) is 21.3 Å². The van der Waals surface area contributed by atoms with E-state index in [0.717, 1.165) is 0 Å². The van der Waals surface area contributed by atoms with Crippen LogP contribution in [0.5, 0.6) is 5.75 Å². The first-order valence-electron chi connectivity index (χ1n) is 6.07. The molecule has 0 spiro atoms. The van der Waals surface area contributed by atoms with Gasteiger partial charge in [-0.2, -0.15) is 0 Å². The average molecular weight is 356 g/mol. The zero-order chi connectivity index (χ0) is 15.4. The molecule has 3 nitrogen and oxygen atoms in total. The highest BCUT2D eigenvalue weighted by atomic mass is 79.9. The van der Waals surface area contributed by atoms with Crippen molar-refractivity contribution in [3.8, 4) is 5.75 Å². The molecule has 2 aromatic rings. The molecule has 110 valence electrons. The molecular formula is C15H12BrF2NO2. The maximum Gasteiger partial charge on any atom is 0.137 e. The number of benzene rings is 2. The van der Waals surface area contributed by atoms with Crippen molar-refractivity contribution in [3.05, 3.63) is 63.6 Å². The summed E-state index contributed by atoms with van der Waals surface area (Å²) < 4.78 is 32.6. The van der Waals surface area contributed by atoms with Gasteiger partial charge in [0.1, 0.15) is 24.0 Å². The Morgan fingerprint density at radius 2 is 2.05 bits per heavy atom. The lowest BCUT2D eigenvalue weighted by Crippen LogP contribution is -2.04. The lowest BCUT2D eigenvalue weighted by molar-refractivity contribution is 0.300. The van der Waals surface area contributed by atoms with E-state index < -0.39 is 11.6 Å². The van der Waals surface area contributed by atoms with Crippen LogP contribution in [0.3, 0.4) is 0 Å². The Bertz CT molecular complexity index is 689. The summed E-state index contributed by atoms with van der Waals surface area (Å²) in [5, 5.41) is 11.9. The van der Waals surface area contributed by atoms with Crippen LogP contribution in [0.1, 0.15) is 18.1 Å². The van der Waals surface area contributed by atoms with Gasteiger partial charge in [0.05, 0.1) is 10.2 Å². The van der Waals surface area contributed by atoms with Crippen molar-refractivity contribution in [3.63, 3.8) is 0 Å². The monoisotopic (exact) mass is 355 g/mol. The van der Waals surface area contributed by atoms with Crippen molar-refractivity contribution < 1.29 is 18.7 Å². The first kappa shape index (κ1) is 15.4. The summed E-state index contributed by atoms with van der Waals surface area (Å²) in [5.41, 5.74) is 1.35. The van der Waals surface area contributed by atoms with Crippen LogP contribution < -0.4 is 4.74 Å². The molecule has 1 N–H and O–H groups in total. The molecule has 0 heterocycles. The number of oxime groups is 1. The molecule has 6 heteroatoms. The summed E-state index contributed by atoms with van der Waals surface area (Å²) in [6.07, 6.45) is 0. The highest BCUT2D eigenvalue weighted by Gasteiger charge is 2.11. The van der Waals surface area contributed by atoms with Gasteiger partial charge in [-0.15, -0.1) is 0 Å². The summed E-state index contributed by atoms with van der Waals surface area (Å²) in [6, 6.07) is 8.47. The van der Waals surface area contributed by atoms with Gasteiger partial charge in [0, 0.05) is 17.2 Å². The zero-order valence-electron chi connectivity index (χ0n) is 11.1. The third kappa shape index (κ3) is 3.58. The highest BCUT2D eigenvalue weighted by Crippen LogP contribution is 2.25. The number of hydrogen-bond acceptors (Lipinski definition) is 3. The summed E-state index contributed by atoms with van der Waals surface area (Å²) in [7, 11) is 0. The van der Waals surface area contributed by atoms with E-state index >= 15 is 0 Å². The van der Waals surface area contributed by atoms with E-state index in [9.17, 15) is 8.78 Å². The Hall–Kier alpha value is -1.95. The van der Waals surface area contributed by atoms with Gasteiger partial charge in [0.15, 0.2) is 0 Å². The molecule has 2 rings (SSSR count). The Balaban J connectivity index is 2.27. The summed E-state index contributed by atoms with van der Waals surface area (Å²) in [5.74, 6) is -0.650. The maximum absolute atomic E-state index is 13.4. The van der Waals surface area contributed by atoms with Gasteiger partial charge < -0.3 is 9.94 Å². The quantitative estimate of drug-likeness (QED) is 0.498. The second-order valence-corrected chi connectivity index (χ2v) is 5.12. The zero-order valence-corrected chi connectivity index (χ0v) is 12.7. The Labute approximate surface area is 129 Å². The van der Waals surface area contributed by atoms with Gasteiger partial charge in [0.2, 0.25) is 0 Å². The molecular weight excluding hydrogens is 344 g/mol. The normalized spacial score (nSPS) is 11.5.